The summed E-state index contributed by atoms with van der Waals surface area (Å²) in [6.07, 6.45) is 2.98. The maximum atomic E-state index is 12.7. The first-order chi connectivity index (χ1) is 12.4. The first kappa shape index (κ1) is 18.9. The van der Waals surface area contributed by atoms with Gasteiger partial charge in [-0.15, -0.1) is 0 Å². The van der Waals surface area contributed by atoms with Crippen LogP contribution in [0.4, 0.5) is 5.82 Å². The highest BCUT2D eigenvalue weighted by atomic mass is 79.9. The Hall–Kier alpha value is -1.92. The van der Waals surface area contributed by atoms with E-state index in [-0.39, 0.29) is 17.7 Å². The smallest absolute Gasteiger partial charge is 0.255 e. The molecule has 1 aromatic carbocycles. The van der Waals surface area contributed by atoms with Crippen LogP contribution in [0.15, 0.2) is 41.0 Å². The second-order valence-electron chi connectivity index (χ2n) is 6.40. The number of halogens is 2. The average molecular weight is 437 g/mol. The maximum absolute atomic E-state index is 12.7. The standard InChI is InChI=1S/C19H19BrClN3O2/c1-12-2-5-17(22-11-12)23-18(25)13-6-8-24(9-7-13)19(26)15-10-14(21)3-4-16(15)20/h2-5,10-11,13H,6-9H2,1H3,(H,22,23,25). The lowest BCUT2D eigenvalue weighted by atomic mass is 9.95. The van der Waals surface area contributed by atoms with Gasteiger partial charge >= 0.3 is 0 Å². The van der Waals surface area contributed by atoms with E-state index in [1.165, 1.54) is 0 Å². The van der Waals surface area contributed by atoms with Gasteiger partial charge in [0, 0.05) is 34.7 Å². The van der Waals surface area contributed by atoms with Crippen molar-refractivity contribution < 1.29 is 9.59 Å². The molecule has 0 saturated carbocycles. The molecule has 0 atom stereocenters. The minimum atomic E-state index is -0.120. The third-order valence-corrected chi connectivity index (χ3v) is 5.40. The SMILES string of the molecule is Cc1ccc(NC(=O)C2CCN(C(=O)c3cc(Cl)ccc3Br)CC2)nc1. The number of hydrogen-bond donors (Lipinski definition) is 1. The van der Waals surface area contributed by atoms with Gasteiger partial charge < -0.3 is 10.2 Å². The Kier molecular flexibility index (Phi) is 5.94. The van der Waals surface area contributed by atoms with Gasteiger partial charge in [-0.2, -0.15) is 0 Å². The fraction of sp³-hybridized carbons (Fsp3) is 0.316. The van der Waals surface area contributed by atoms with E-state index in [0.29, 0.717) is 42.3 Å². The number of amides is 2. The number of aromatic nitrogens is 1. The Morgan fingerprint density at radius 2 is 1.96 bits per heavy atom. The number of piperidine rings is 1. The minimum absolute atomic E-state index is 0.0441. The normalized spacial score (nSPS) is 15.0. The summed E-state index contributed by atoms with van der Waals surface area (Å²) in [5.41, 5.74) is 1.59. The van der Waals surface area contributed by atoms with E-state index in [0.717, 1.165) is 10.0 Å². The van der Waals surface area contributed by atoms with Crippen LogP contribution in [0.1, 0.15) is 28.8 Å². The number of likely N-dealkylation sites (tertiary alicyclic amines) is 1. The van der Waals surface area contributed by atoms with Crippen LogP contribution in [0.2, 0.25) is 5.02 Å². The topological polar surface area (TPSA) is 62.3 Å². The summed E-state index contributed by atoms with van der Waals surface area (Å²) in [5, 5.41) is 3.38. The molecule has 0 aliphatic carbocycles. The van der Waals surface area contributed by atoms with E-state index in [1.807, 2.05) is 13.0 Å². The Labute approximate surface area is 165 Å². The highest BCUT2D eigenvalue weighted by molar-refractivity contribution is 9.10. The molecule has 1 fully saturated rings. The Morgan fingerprint density at radius 1 is 1.23 bits per heavy atom. The summed E-state index contributed by atoms with van der Waals surface area (Å²) < 4.78 is 0.720. The Morgan fingerprint density at radius 3 is 2.62 bits per heavy atom. The molecular weight excluding hydrogens is 418 g/mol. The van der Waals surface area contributed by atoms with Crippen LogP contribution in [0.5, 0.6) is 0 Å². The number of pyridine rings is 1. The quantitative estimate of drug-likeness (QED) is 0.780. The number of carbonyl (C=O) groups is 2. The monoisotopic (exact) mass is 435 g/mol. The van der Waals surface area contributed by atoms with Gasteiger partial charge in [0.05, 0.1) is 5.56 Å². The van der Waals surface area contributed by atoms with Gasteiger partial charge in [0.25, 0.3) is 5.91 Å². The fourth-order valence-electron chi connectivity index (χ4n) is 2.95. The van der Waals surface area contributed by atoms with Gasteiger partial charge in [0.1, 0.15) is 5.82 Å². The number of anilines is 1. The van der Waals surface area contributed by atoms with Gasteiger partial charge in [-0.05, 0) is 65.5 Å². The van der Waals surface area contributed by atoms with Crippen molar-refractivity contribution in [3.05, 3.63) is 57.2 Å². The van der Waals surface area contributed by atoms with Gasteiger partial charge in [-0.3, -0.25) is 9.59 Å². The summed E-state index contributed by atoms with van der Waals surface area (Å²) in [4.78, 5) is 31.1. The van der Waals surface area contributed by atoms with Crippen LogP contribution in [-0.2, 0) is 4.79 Å². The first-order valence-electron chi connectivity index (χ1n) is 8.42. The van der Waals surface area contributed by atoms with Gasteiger partial charge in [0.2, 0.25) is 5.91 Å². The van der Waals surface area contributed by atoms with E-state index >= 15 is 0 Å². The zero-order valence-electron chi connectivity index (χ0n) is 14.3. The lowest BCUT2D eigenvalue weighted by molar-refractivity contribution is -0.121. The molecule has 0 radical (unpaired) electrons. The summed E-state index contributed by atoms with van der Waals surface area (Å²) in [6, 6.07) is 8.87. The number of aryl methyl sites for hydroxylation is 1. The third kappa shape index (κ3) is 4.43. The number of benzene rings is 1. The molecule has 1 saturated heterocycles. The Bertz CT molecular complexity index is 818. The molecule has 0 spiro atoms. The van der Waals surface area contributed by atoms with Crippen molar-refractivity contribution in [3.8, 4) is 0 Å². The van der Waals surface area contributed by atoms with Gasteiger partial charge in [0.15, 0.2) is 0 Å². The van der Waals surface area contributed by atoms with Crippen molar-refractivity contribution in [3.63, 3.8) is 0 Å². The number of nitrogens with zero attached hydrogens (tertiary/aromatic N) is 2. The van der Waals surface area contributed by atoms with Crippen molar-refractivity contribution in [1.82, 2.24) is 9.88 Å². The van der Waals surface area contributed by atoms with E-state index in [2.05, 4.69) is 26.2 Å². The van der Waals surface area contributed by atoms with E-state index in [1.54, 1.807) is 35.4 Å². The predicted molar refractivity (Wildman–Crippen MR) is 105 cm³/mol. The summed E-state index contributed by atoms with van der Waals surface area (Å²) >= 11 is 9.40. The molecule has 7 heteroatoms. The molecule has 1 aliphatic rings. The van der Waals surface area contributed by atoms with Crippen LogP contribution in [0.3, 0.4) is 0 Å². The second-order valence-corrected chi connectivity index (χ2v) is 7.69. The van der Waals surface area contributed by atoms with Crippen LogP contribution in [0, 0.1) is 12.8 Å². The molecule has 5 nitrogen and oxygen atoms in total. The molecule has 0 unspecified atom stereocenters. The second kappa shape index (κ2) is 8.18. The van der Waals surface area contributed by atoms with Crippen molar-refractivity contribution in [2.45, 2.75) is 19.8 Å². The molecule has 0 bridgehead atoms. The molecule has 136 valence electrons. The summed E-state index contributed by atoms with van der Waals surface area (Å²) in [6.45, 7) is 3.03. The molecule has 1 aliphatic heterocycles. The maximum Gasteiger partial charge on any atom is 0.255 e. The number of carbonyl (C=O) groups excluding carboxylic acids is 2. The summed E-state index contributed by atoms with van der Waals surface area (Å²) in [7, 11) is 0. The molecule has 26 heavy (non-hydrogen) atoms. The highest BCUT2D eigenvalue weighted by Gasteiger charge is 2.28. The van der Waals surface area contributed by atoms with Gasteiger partial charge in [-0.25, -0.2) is 4.98 Å². The number of hydrogen-bond acceptors (Lipinski definition) is 3. The zero-order valence-corrected chi connectivity index (χ0v) is 16.7. The minimum Gasteiger partial charge on any atom is -0.339 e. The predicted octanol–water partition coefficient (Wildman–Crippen LogP) is 4.30. The average Bonchev–Trinajstić information content (AvgIpc) is 2.65. The van der Waals surface area contributed by atoms with E-state index < -0.39 is 0 Å². The van der Waals surface area contributed by atoms with Crippen LogP contribution in [-0.4, -0.2) is 34.8 Å². The largest absolute Gasteiger partial charge is 0.339 e. The van der Waals surface area contributed by atoms with Crippen LogP contribution in [0.25, 0.3) is 0 Å². The van der Waals surface area contributed by atoms with Crippen molar-refractivity contribution >= 4 is 45.2 Å². The first-order valence-corrected chi connectivity index (χ1v) is 9.59. The molecule has 3 rings (SSSR count). The molecule has 2 heterocycles. The lowest BCUT2D eigenvalue weighted by Crippen LogP contribution is -2.41. The lowest BCUT2D eigenvalue weighted by Gasteiger charge is -2.31. The number of rotatable bonds is 3. The number of nitrogens with one attached hydrogen (secondary N) is 1. The molecule has 1 N–H and O–H groups in total. The van der Waals surface area contributed by atoms with E-state index in [4.69, 9.17) is 11.6 Å². The molecule has 1 aromatic heterocycles. The highest BCUT2D eigenvalue weighted by Crippen LogP contribution is 2.25. The molecule has 2 aromatic rings. The van der Waals surface area contributed by atoms with Gasteiger partial charge in [-0.1, -0.05) is 17.7 Å². The third-order valence-electron chi connectivity index (χ3n) is 4.47. The fourth-order valence-corrected chi connectivity index (χ4v) is 3.53. The van der Waals surface area contributed by atoms with Crippen LogP contribution < -0.4 is 5.32 Å². The summed E-state index contributed by atoms with van der Waals surface area (Å²) in [5.74, 6) is 0.322. The van der Waals surface area contributed by atoms with Crippen molar-refractivity contribution in [2.75, 3.05) is 18.4 Å². The zero-order chi connectivity index (χ0) is 18.7. The van der Waals surface area contributed by atoms with Crippen molar-refractivity contribution in [1.29, 1.82) is 0 Å². The molecule has 2 amide bonds. The molecular formula is C19H19BrClN3O2. The van der Waals surface area contributed by atoms with Crippen LogP contribution >= 0.6 is 27.5 Å². The van der Waals surface area contributed by atoms with Crippen molar-refractivity contribution in [2.24, 2.45) is 5.92 Å². The van der Waals surface area contributed by atoms with E-state index in [9.17, 15) is 9.59 Å². The Balaban J connectivity index is 1.58.